The zero-order valence-corrected chi connectivity index (χ0v) is 13.8. The molecular formula is C18H23FN2O3. The fourth-order valence-electron chi connectivity index (χ4n) is 3.32. The lowest BCUT2D eigenvalue weighted by atomic mass is 9.88. The molecule has 0 spiro atoms. The first-order valence-corrected chi connectivity index (χ1v) is 8.41. The summed E-state index contributed by atoms with van der Waals surface area (Å²) in [5.41, 5.74) is 0.771. The van der Waals surface area contributed by atoms with Crippen molar-refractivity contribution in [3.05, 3.63) is 35.6 Å². The molecule has 6 heteroatoms. The SMILES string of the molecule is COCCNC(=O)C1CN(C(=O)C2CC2)CC1c1cccc(F)c1. The van der Waals surface area contributed by atoms with Gasteiger partial charge >= 0.3 is 0 Å². The number of halogens is 1. The topological polar surface area (TPSA) is 58.6 Å². The molecule has 1 heterocycles. The van der Waals surface area contributed by atoms with Gasteiger partial charge in [0, 0.05) is 38.6 Å². The molecule has 1 aromatic carbocycles. The lowest BCUT2D eigenvalue weighted by molar-refractivity contribution is -0.132. The highest BCUT2D eigenvalue weighted by atomic mass is 19.1. The van der Waals surface area contributed by atoms with Crippen molar-refractivity contribution in [3.63, 3.8) is 0 Å². The van der Waals surface area contributed by atoms with Crippen LogP contribution in [0.2, 0.25) is 0 Å². The van der Waals surface area contributed by atoms with Crippen LogP contribution in [0.15, 0.2) is 24.3 Å². The minimum absolute atomic E-state index is 0.104. The lowest BCUT2D eigenvalue weighted by Crippen LogP contribution is -2.37. The molecule has 130 valence electrons. The van der Waals surface area contributed by atoms with Crippen LogP contribution in [0.5, 0.6) is 0 Å². The lowest BCUT2D eigenvalue weighted by Gasteiger charge is -2.18. The van der Waals surface area contributed by atoms with E-state index in [0.717, 1.165) is 18.4 Å². The Bertz CT molecular complexity index is 618. The number of methoxy groups -OCH3 is 1. The molecule has 3 rings (SSSR count). The number of ether oxygens (including phenoxy) is 1. The third-order valence-electron chi connectivity index (χ3n) is 4.78. The molecule has 5 nitrogen and oxygen atoms in total. The maximum atomic E-state index is 13.6. The van der Waals surface area contributed by atoms with Crippen LogP contribution in [-0.2, 0) is 14.3 Å². The van der Waals surface area contributed by atoms with Crippen molar-refractivity contribution in [1.82, 2.24) is 10.2 Å². The van der Waals surface area contributed by atoms with Crippen LogP contribution < -0.4 is 5.32 Å². The van der Waals surface area contributed by atoms with Gasteiger partial charge in [0.05, 0.1) is 12.5 Å². The van der Waals surface area contributed by atoms with Gasteiger partial charge < -0.3 is 15.0 Å². The number of rotatable bonds is 6. The summed E-state index contributed by atoms with van der Waals surface area (Å²) in [6.07, 6.45) is 1.87. The molecule has 1 aromatic rings. The number of hydrogen-bond acceptors (Lipinski definition) is 3. The van der Waals surface area contributed by atoms with Gasteiger partial charge in [0.2, 0.25) is 11.8 Å². The monoisotopic (exact) mass is 334 g/mol. The van der Waals surface area contributed by atoms with E-state index in [-0.39, 0.29) is 35.4 Å². The number of nitrogens with zero attached hydrogens (tertiary/aromatic N) is 1. The smallest absolute Gasteiger partial charge is 0.225 e. The van der Waals surface area contributed by atoms with Gasteiger partial charge in [-0.2, -0.15) is 0 Å². The van der Waals surface area contributed by atoms with Crippen molar-refractivity contribution in [2.45, 2.75) is 18.8 Å². The van der Waals surface area contributed by atoms with Crippen LogP contribution in [0.25, 0.3) is 0 Å². The van der Waals surface area contributed by atoms with Crippen LogP contribution >= 0.6 is 0 Å². The van der Waals surface area contributed by atoms with Crippen LogP contribution in [0, 0.1) is 17.7 Å². The molecule has 2 amide bonds. The molecule has 24 heavy (non-hydrogen) atoms. The molecule has 1 aliphatic heterocycles. The Morgan fingerprint density at radius 1 is 1.33 bits per heavy atom. The van der Waals surface area contributed by atoms with Crippen molar-refractivity contribution >= 4 is 11.8 Å². The Hall–Kier alpha value is -1.95. The predicted octanol–water partition coefficient (Wildman–Crippen LogP) is 1.54. The summed E-state index contributed by atoms with van der Waals surface area (Å²) >= 11 is 0. The van der Waals surface area contributed by atoms with Gasteiger partial charge in [0.25, 0.3) is 0 Å². The normalized spacial score (nSPS) is 23.3. The van der Waals surface area contributed by atoms with Gasteiger partial charge in [-0.25, -0.2) is 4.39 Å². The molecular weight excluding hydrogens is 311 g/mol. The van der Waals surface area contributed by atoms with Crippen LogP contribution in [0.1, 0.15) is 24.3 Å². The minimum atomic E-state index is -0.355. The maximum absolute atomic E-state index is 13.6. The van der Waals surface area contributed by atoms with Crippen molar-refractivity contribution in [1.29, 1.82) is 0 Å². The molecule has 1 saturated carbocycles. The first kappa shape index (κ1) is 16.9. The summed E-state index contributed by atoms with van der Waals surface area (Å²) in [5.74, 6) is -0.709. The van der Waals surface area contributed by atoms with Crippen molar-refractivity contribution in [3.8, 4) is 0 Å². The molecule has 1 aliphatic carbocycles. The summed E-state index contributed by atoms with van der Waals surface area (Å²) in [5, 5.41) is 2.85. The number of carbonyl (C=O) groups excluding carboxylic acids is 2. The molecule has 2 fully saturated rings. The molecule has 2 aliphatic rings. The first-order chi connectivity index (χ1) is 11.6. The summed E-state index contributed by atoms with van der Waals surface area (Å²) in [4.78, 5) is 26.7. The highest BCUT2D eigenvalue weighted by Gasteiger charge is 2.43. The Morgan fingerprint density at radius 2 is 2.12 bits per heavy atom. The predicted molar refractivity (Wildman–Crippen MR) is 86.8 cm³/mol. The van der Waals surface area contributed by atoms with Crippen LogP contribution in [-0.4, -0.2) is 50.1 Å². The van der Waals surface area contributed by atoms with Crippen molar-refractivity contribution < 1.29 is 18.7 Å². The molecule has 2 unspecified atom stereocenters. The Kier molecular flexibility index (Phi) is 5.14. The average Bonchev–Trinajstić information content (AvgIpc) is 3.32. The first-order valence-electron chi connectivity index (χ1n) is 8.41. The van der Waals surface area contributed by atoms with E-state index in [9.17, 15) is 14.0 Å². The number of nitrogens with one attached hydrogen (secondary N) is 1. The van der Waals surface area contributed by atoms with Gasteiger partial charge in [0.1, 0.15) is 5.82 Å². The van der Waals surface area contributed by atoms with E-state index in [0.29, 0.717) is 26.2 Å². The largest absolute Gasteiger partial charge is 0.383 e. The Balaban J connectivity index is 1.76. The summed E-state index contributed by atoms with van der Waals surface area (Å²) in [6.45, 7) is 1.74. The maximum Gasteiger partial charge on any atom is 0.225 e. The van der Waals surface area contributed by atoms with E-state index in [1.807, 2.05) is 6.07 Å². The van der Waals surface area contributed by atoms with E-state index >= 15 is 0 Å². The number of amides is 2. The Labute approximate surface area is 141 Å². The number of benzene rings is 1. The van der Waals surface area contributed by atoms with Gasteiger partial charge in [-0.1, -0.05) is 12.1 Å². The summed E-state index contributed by atoms with van der Waals surface area (Å²) < 4.78 is 18.5. The second-order valence-electron chi connectivity index (χ2n) is 6.57. The molecule has 0 bridgehead atoms. The van der Waals surface area contributed by atoms with Crippen molar-refractivity contribution in [2.75, 3.05) is 33.4 Å². The number of carbonyl (C=O) groups is 2. The third-order valence-corrected chi connectivity index (χ3v) is 4.78. The third kappa shape index (κ3) is 3.75. The second-order valence-corrected chi connectivity index (χ2v) is 6.57. The summed E-state index contributed by atoms with van der Waals surface area (Å²) in [6, 6.07) is 6.33. The number of likely N-dealkylation sites (tertiary alicyclic amines) is 1. The zero-order chi connectivity index (χ0) is 17.1. The van der Waals surface area contributed by atoms with Gasteiger partial charge in [-0.3, -0.25) is 9.59 Å². The molecule has 1 saturated heterocycles. The molecule has 0 aromatic heterocycles. The molecule has 1 N–H and O–H groups in total. The number of hydrogen-bond donors (Lipinski definition) is 1. The van der Waals surface area contributed by atoms with Crippen molar-refractivity contribution in [2.24, 2.45) is 11.8 Å². The average molecular weight is 334 g/mol. The van der Waals surface area contributed by atoms with E-state index < -0.39 is 0 Å². The highest BCUT2D eigenvalue weighted by Crippen LogP contribution is 2.37. The van der Waals surface area contributed by atoms with Gasteiger partial charge in [-0.05, 0) is 30.5 Å². The van der Waals surface area contributed by atoms with E-state index in [4.69, 9.17) is 4.74 Å². The van der Waals surface area contributed by atoms with Crippen LogP contribution in [0.4, 0.5) is 4.39 Å². The standard InChI is InChI=1S/C18H23FN2O3/c1-24-8-7-20-17(22)16-11-21(18(23)12-5-6-12)10-15(16)13-3-2-4-14(19)9-13/h2-4,9,12,15-16H,5-8,10-11H2,1H3,(H,20,22). The molecule has 0 radical (unpaired) electrons. The second kappa shape index (κ2) is 7.30. The van der Waals surface area contributed by atoms with E-state index in [1.54, 1.807) is 18.1 Å². The quantitative estimate of drug-likeness (QED) is 0.803. The van der Waals surface area contributed by atoms with Crippen LogP contribution in [0.3, 0.4) is 0 Å². The Morgan fingerprint density at radius 3 is 2.79 bits per heavy atom. The molecule has 2 atom stereocenters. The minimum Gasteiger partial charge on any atom is -0.383 e. The van der Waals surface area contributed by atoms with E-state index in [2.05, 4.69) is 5.32 Å². The highest BCUT2D eigenvalue weighted by molar-refractivity contribution is 5.85. The van der Waals surface area contributed by atoms with E-state index in [1.165, 1.54) is 12.1 Å². The van der Waals surface area contributed by atoms with Gasteiger partial charge in [-0.15, -0.1) is 0 Å². The zero-order valence-electron chi connectivity index (χ0n) is 13.8. The fraction of sp³-hybridized carbons (Fsp3) is 0.556. The van der Waals surface area contributed by atoms with Gasteiger partial charge in [0.15, 0.2) is 0 Å². The summed E-state index contributed by atoms with van der Waals surface area (Å²) in [7, 11) is 1.58. The fourth-order valence-corrected chi connectivity index (χ4v) is 3.32.